The van der Waals surface area contributed by atoms with E-state index in [1.165, 1.54) is 0 Å². The molecule has 0 unspecified atom stereocenters. The standard InChI is InChI=1S/C13H14Cl3NO2/c1-3-10-8-9(4-5-11(10)18-2)6-7-19-12(17)13(14,15)16/h3-5,8,17H,1,6-7H2,2H3. The van der Waals surface area contributed by atoms with Crippen LogP contribution in [0, 0.1) is 5.41 Å². The summed E-state index contributed by atoms with van der Waals surface area (Å²) in [6, 6.07) is 5.70. The number of halogens is 3. The van der Waals surface area contributed by atoms with Crippen LogP contribution in [-0.4, -0.2) is 23.4 Å². The molecule has 3 nitrogen and oxygen atoms in total. The zero-order valence-corrected chi connectivity index (χ0v) is 12.6. The second-order valence-corrected chi connectivity index (χ2v) is 5.99. The fraction of sp³-hybridized carbons (Fsp3) is 0.308. The van der Waals surface area contributed by atoms with Gasteiger partial charge in [-0.3, -0.25) is 5.41 Å². The predicted octanol–water partition coefficient (Wildman–Crippen LogP) is 4.24. The number of alkyl halides is 3. The monoisotopic (exact) mass is 321 g/mol. The van der Waals surface area contributed by atoms with Crippen molar-refractivity contribution in [1.29, 1.82) is 5.41 Å². The summed E-state index contributed by atoms with van der Waals surface area (Å²) >= 11 is 16.5. The van der Waals surface area contributed by atoms with Crippen molar-refractivity contribution in [2.45, 2.75) is 10.2 Å². The van der Waals surface area contributed by atoms with Gasteiger partial charge in [0.15, 0.2) is 0 Å². The minimum absolute atomic E-state index is 0.260. The van der Waals surface area contributed by atoms with Crippen LogP contribution in [0.5, 0.6) is 5.75 Å². The van der Waals surface area contributed by atoms with Crippen molar-refractivity contribution < 1.29 is 9.47 Å². The topological polar surface area (TPSA) is 42.3 Å². The first-order valence-electron chi connectivity index (χ1n) is 5.46. The maximum atomic E-state index is 7.39. The molecular weight excluding hydrogens is 309 g/mol. The van der Waals surface area contributed by atoms with Gasteiger partial charge in [-0.15, -0.1) is 0 Å². The maximum absolute atomic E-state index is 7.39. The van der Waals surface area contributed by atoms with E-state index in [0.717, 1.165) is 16.9 Å². The first-order chi connectivity index (χ1) is 8.88. The van der Waals surface area contributed by atoms with Crippen molar-refractivity contribution in [3.63, 3.8) is 0 Å². The fourth-order valence-electron chi connectivity index (χ4n) is 1.45. The SMILES string of the molecule is C=Cc1cc(CCOC(=N)C(Cl)(Cl)Cl)ccc1OC. The average molecular weight is 323 g/mol. The Hall–Kier alpha value is -0.900. The number of methoxy groups -OCH3 is 1. The Labute approximate surface area is 127 Å². The average Bonchev–Trinajstić information content (AvgIpc) is 2.37. The van der Waals surface area contributed by atoms with E-state index in [1.807, 2.05) is 18.2 Å². The molecule has 0 fully saturated rings. The lowest BCUT2D eigenvalue weighted by Crippen LogP contribution is -2.22. The van der Waals surface area contributed by atoms with Gasteiger partial charge in [0.05, 0.1) is 13.7 Å². The lowest BCUT2D eigenvalue weighted by Gasteiger charge is -2.14. The molecule has 0 bridgehead atoms. The minimum Gasteiger partial charge on any atom is -0.496 e. The van der Waals surface area contributed by atoms with Gasteiger partial charge in [0.2, 0.25) is 5.90 Å². The summed E-state index contributed by atoms with van der Waals surface area (Å²) in [5, 5.41) is 7.39. The fourth-order valence-corrected chi connectivity index (χ4v) is 1.62. The van der Waals surface area contributed by atoms with Gasteiger partial charge >= 0.3 is 0 Å². The Morgan fingerprint density at radius 1 is 1.42 bits per heavy atom. The van der Waals surface area contributed by atoms with Crippen LogP contribution in [0.25, 0.3) is 6.08 Å². The van der Waals surface area contributed by atoms with E-state index >= 15 is 0 Å². The first kappa shape index (κ1) is 16.2. The van der Waals surface area contributed by atoms with E-state index < -0.39 is 3.79 Å². The highest BCUT2D eigenvalue weighted by molar-refractivity contribution is 6.76. The van der Waals surface area contributed by atoms with Gasteiger partial charge < -0.3 is 9.47 Å². The van der Waals surface area contributed by atoms with Crippen LogP contribution in [0.1, 0.15) is 11.1 Å². The van der Waals surface area contributed by atoms with Gasteiger partial charge in [0.1, 0.15) is 5.75 Å². The van der Waals surface area contributed by atoms with Gasteiger partial charge in [-0.1, -0.05) is 53.5 Å². The summed E-state index contributed by atoms with van der Waals surface area (Å²) in [5.74, 6) is 0.378. The molecule has 1 aromatic carbocycles. The van der Waals surface area contributed by atoms with Crippen LogP contribution < -0.4 is 4.74 Å². The van der Waals surface area contributed by atoms with Gasteiger partial charge in [0, 0.05) is 12.0 Å². The largest absolute Gasteiger partial charge is 0.496 e. The Morgan fingerprint density at radius 3 is 2.63 bits per heavy atom. The molecule has 104 valence electrons. The summed E-state index contributed by atoms with van der Waals surface area (Å²) in [5.41, 5.74) is 1.92. The van der Waals surface area contributed by atoms with E-state index in [-0.39, 0.29) is 12.5 Å². The molecule has 0 aliphatic carbocycles. The molecule has 1 N–H and O–H groups in total. The van der Waals surface area contributed by atoms with Crippen molar-refractivity contribution in [3.8, 4) is 5.75 Å². The normalized spacial score (nSPS) is 10.9. The van der Waals surface area contributed by atoms with E-state index in [2.05, 4.69) is 6.58 Å². The molecule has 0 aliphatic rings. The van der Waals surface area contributed by atoms with Crippen molar-refractivity contribution in [3.05, 3.63) is 35.9 Å². The van der Waals surface area contributed by atoms with Gasteiger partial charge in [-0.25, -0.2) is 0 Å². The molecule has 0 saturated carbocycles. The third kappa shape index (κ3) is 4.94. The number of nitrogens with one attached hydrogen (secondary N) is 1. The smallest absolute Gasteiger partial charge is 0.265 e. The third-order valence-corrected chi connectivity index (χ3v) is 2.92. The second-order valence-electron chi connectivity index (χ2n) is 3.71. The Balaban J connectivity index is 2.59. The van der Waals surface area contributed by atoms with Crippen molar-refractivity contribution in [1.82, 2.24) is 0 Å². The van der Waals surface area contributed by atoms with Crippen LogP contribution >= 0.6 is 34.8 Å². The minimum atomic E-state index is -1.81. The summed E-state index contributed by atoms with van der Waals surface area (Å²) in [4.78, 5) is 0. The summed E-state index contributed by atoms with van der Waals surface area (Å²) in [6.45, 7) is 3.98. The van der Waals surface area contributed by atoms with Crippen LogP contribution in [-0.2, 0) is 11.2 Å². The zero-order chi connectivity index (χ0) is 14.5. The van der Waals surface area contributed by atoms with Crippen LogP contribution in [0.2, 0.25) is 0 Å². The van der Waals surface area contributed by atoms with Crippen molar-refractivity contribution in [2.24, 2.45) is 0 Å². The lowest BCUT2D eigenvalue weighted by atomic mass is 10.1. The van der Waals surface area contributed by atoms with Gasteiger partial charge in [0.25, 0.3) is 3.79 Å². The highest BCUT2D eigenvalue weighted by atomic mass is 35.6. The van der Waals surface area contributed by atoms with Crippen LogP contribution in [0.4, 0.5) is 0 Å². The molecule has 0 heterocycles. The molecular formula is C13H14Cl3NO2. The third-order valence-electron chi connectivity index (χ3n) is 2.41. The molecule has 1 aromatic rings. The quantitative estimate of drug-likeness (QED) is 0.500. The van der Waals surface area contributed by atoms with E-state index in [4.69, 9.17) is 49.7 Å². The molecule has 6 heteroatoms. The lowest BCUT2D eigenvalue weighted by molar-refractivity contribution is 0.300. The number of rotatable bonds is 5. The summed E-state index contributed by atoms with van der Waals surface area (Å²) < 4.78 is 8.45. The molecule has 0 spiro atoms. The Morgan fingerprint density at radius 2 is 2.11 bits per heavy atom. The van der Waals surface area contributed by atoms with Gasteiger partial charge in [-0.2, -0.15) is 0 Å². The number of hydrogen-bond acceptors (Lipinski definition) is 3. The summed E-state index contributed by atoms with van der Waals surface area (Å²) in [7, 11) is 1.60. The van der Waals surface area contributed by atoms with Crippen LogP contribution in [0.3, 0.4) is 0 Å². The zero-order valence-electron chi connectivity index (χ0n) is 10.4. The number of ether oxygens (including phenoxy) is 2. The predicted molar refractivity (Wildman–Crippen MR) is 80.8 cm³/mol. The second kappa shape index (κ2) is 7.04. The van der Waals surface area contributed by atoms with E-state index in [1.54, 1.807) is 13.2 Å². The molecule has 0 radical (unpaired) electrons. The van der Waals surface area contributed by atoms with E-state index in [9.17, 15) is 0 Å². The van der Waals surface area contributed by atoms with Crippen LogP contribution in [0.15, 0.2) is 24.8 Å². The molecule has 0 saturated heterocycles. The van der Waals surface area contributed by atoms with Gasteiger partial charge in [-0.05, 0) is 17.7 Å². The first-order valence-corrected chi connectivity index (χ1v) is 6.59. The molecule has 1 rings (SSSR count). The molecule has 0 aliphatic heterocycles. The highest BCUT2D eigenvalue weighted by Gasteiger charge is 2.28. The molecule has 0 atom stereocenters. The van der Waals surface area contributed by atoms with Crippen molar-refractivity contribution in [2.75, 3.05) is 13.7 Å². The molecule has 19 heavy (non-hydrogen) atoms. The number of benzene rings is 1. The summed E-state index contributed by atoms with van der Waals surface area (Å²) in [6.07, 6.45) is 2.31. The Kier molecular flexibility index (Phi) is 5.98. The molecule has 0 aromatic heterocycles. The number of hydrogen-bond donors (Lipinski definition) is 1. The van der Waals surface area contributed by atoms with E-state index in [0.29, 0.717) is 6.42 Å². The van der Waals surface area contributed by atoms with Crippen molar-refractivity contribution >= 4 is 46.8 Å². The molecule has 0 amide bonds. The Bertz CT molecular complexity index is 469. The highest BCUT2D eigenvalue weighted by Crippen LogP contribution is 2.27. The maximum Gasteiger partial charge on any atom is 0.265 e.